The Morgan fingerprint density at radius 3 is 2.50 bits per heavy atom. The molecule has 1 saturated heterocycles. The maximum Gasteiger partial charge on any atom is 0.155 e. The number of aromatic amines is 1. The van der Waals surface area contributed by atoms with Crippen molar-refractivity contribution in [3.63, 3.8) is 0 Å². The molecule has 0 radical (unpaired) electrons. The number of H-pyrrole nitrogens is 1. The van der Waals surface area contributed by atoms with E-state index in [1.807, 2.05) is 36.7 Å². The molecule has 1 fully saturated rings. The molecule has 1 aliphatic rings. The van der Waals surface area contributed by atoms with Crippen molar-refractivity contribution in [2.45, 2.75) is 6.04 Å². The summed E-state index contributed by atoms with van der Waals surface area (Å²) in [5, 5.41) is 6.96. The van der Waals surface area contributed by atoms with Crippen molar-refractivity contribution < 1.29 is 0 Å². The van der Waals surface area contributed by atoms with Gasteiger partial charge in [-0.2, -0.15) is 5.10 Å². The Morgan fingerprint density at radius 2 is 1.81 bits per heavy atom. The van der Waals surface area contributed by atoms with Gasteiger partial charge in [0.05, 0.1) is 12.2 Å². The quantitative estimate of drug-likeness (QED) is 0.720. The lowest BCUT2D eigenvalue weighted by atomic mass is 10.1. The van der Waals surface area contributed by atoms with Crippen molar-refractivity contribution in [3.8, 4) is 11.3 Å². The third-order valence-electron chi connectivity index (χ3n) is 4.82. The SMILES string of the molecule is C=CC(c1cn[nH]c1)N1CCN(c2nccnc2-c2ccccc2)CC1. The molecule has 1 aromatic carbocycles. The third-order valence-corrected chi connectivity index (χ3v) is 4.82. The Balaban J connectivity index is 1.52. The second-order valence-electron chi connectivity index (χ2n) is 6.33. The smallest absolute Gasteiger partial charge is 0.155 e. The van der Waals surface area contributed by atoms with Crippen molar-refractivity contribution in [2.75, 3.05) is 31.1 Å². The minimum Gasteiger partial charge on any atom is -0.352 e. The third kappa shape index (κ3) is 3.23. The number of hydrogen-bond donors (Lipinski definition) is 1. The van der Waals surface area contributed by atoms with Gasteiger partial charge in [0.15, 0.2) is 5.82 Å². The largest absolute Gasteiger partial charge is 0.352 e. The molecule has 1 unspecified atom stereocenters. The first-order valence-electron chi connectivity index (χ1n) is 8.83. The summed E-state index contributed by atoms with van der Waals surface area (Å²) < 4.78 is 0. The van der Waals surface area contributed by atoms with Crippen LogP contribution in [0.1, 0.15) is 11.6 Å². The van der Waals surface area contributed by atoms with Crippen LogP contribution >= 0.6 is 0 Å². The molecule has 0 aliphatic carbocycles. The summed E-state index contributed by atoms with van der Waals surface area (Å²) in [6, 6.07) is 10.4. The molecule has 26 heavy (non-hydrogen) atoms. The van der Waals surface area contributed by atoms with E-state index in [0.29, 0.717) is 0 Å². The molecule has 3 heterocycles. The van der Waals surface area contributed by atoms with Crippen LogP contribution in [-0.2, 0) is 0 Å². The minimum absolute atomic E-state index is 0.186. The monoisotopic (exact) mass is 346 g/mol. The molecule has 4 rings (SSSR count). The topological polar surface area (TPSA) is 60.9 Å². The second kappa shape index (κ2) is 7.49. The molecule has 1 aliphatic heterocycles. The number of nitrogens with zero attached hydrogens (tertiary/aromatic N) is 5. The summed E-state index contributed by atoms with van der Waals surface area (Å²) in [6.45, 7) is 7.69. The van der Waals surface area contributed by atoms with Crippen molar-refractivity contribution in [2.24, 2.45) is 0 Å². The Hall–Kier alpha value is -2.99. The summed E-state index contributed by atoms with van der Waals surface area (Å²) in [4.78, 5) is 14.0. The Morgan fingerprint density at radius 1 is 1.04 bits per heavy atom. The molecule has 132 valence electrons. The molecule has 0 spiro atoms. The highest BCUT2D eigenvalue weighted by molar-refractivity contribution is 5.71. The molecular formula is C20H22N6. The van der Waals surface area contributed by atoms with Gasteiger partial charge < -0.3 is 4.90 Å². The molecule has 6 nitrogen and oxygen atoms in total. The minimum atomic E-state index is 0.186. The number of piperazine rings is 1. The van der Waals surface area contributed by atoms with E-state index in [1.165, 1.54) is 0 Å². The van der Waals surface area contributed by atoms with Crippen LogP contribution in [0.15, 0.2) is 67.8 Å². The number of nitrogens with one attached hydrogen (secondary N) is 1. The fourth-order valence-electron chi connectivity index (χ4n) is 3.49. The van der Waals surface area contributed by atoms with Crippen molar-refractivity contribution in [1.82, 2.24) is 25.1 Å². The van der Waals surface area contributed by atoms with Crippen molar-refractivity contribution in [1.29, 1.82) is 0 Å². The first-order valence-corrected chi connectivity index (χ1v) is 8.83. The first-order chi connectivity index (χ1) is 12.9. The van der Waals surface area contributed by atoms with Gasteiger partial charge in [-0.05, 0) is 0 Å². The zero-order valence-electron chi connectivity index (χ0n) is 14.6. The van der Waals surface area contributed by atoms with Crippen LogP contribution in [0.4, 0.5) is 5.82 Å². The van der Waals surface area contributed by atoms with Gasteiger partial charge in [-0.1, -0.05) is 36.4 Å². The van der Waals surface area contributed by atoms with Crippen molar-refractivity contribution >= 4 is 5.82 Å². The van der Waals surface area contributed by atoms with E-state index in [1.54, 1.807) is 12.4 Å². The van der Waals surface area contributed by atoms with E-state index in [-0.39, 0.29) is 6.04 Å². The molecule has 2 aromatic heterocycles. The normalized spacial score (nSPS) is 16.4. The standard InChI is InChI=1S/C20H22N6/c1-2-18(17-14-23-24-15-17)25-10-12-26(13-11-25)20-19(21-8-9-22-20)16-6-4-3-5-7-16/h2-9,14-15,18H,1,10-13H2,(H,23,24). The van der Waals surface area contributed by atoms with Crippen LogP contribution in [-0.4, -0.2) is 51.2 Å². The van der Waals surface area contributed by atoms with Crippen LogP contribution < -0.4 is 4.90 Å². The molecule has 0 bridgehead atoms. The summed E-state index contributed by atoms with van der Waals surface area (Å²) in [5.74, 6) is 0.955. The summed E-state index contributed by atoms with van der Waals surface area (Å²) in [7, 11) is 0. The Bertz CT molecular complexity index is 838. The van der Waals surface area contributed by atoms with Crippen LogP contribution in [0.25, 0.3) is 11.3 Å². The second-order valence-corrected chi connectivity index (χ2v) is 6.33. The van der Waals surface area contributed by atoms with Gasteiger partial charge in [0.1, 0.15) is 5.69 Å². The highest BCUT2D eigenvalue weighted by atomic mass is 15.3. The molecule has 1 N–H and O–H groups in total. The summed E-state index contributed by atoms with van der Waals surface area (Å²) in [6.07, 6.45) is 9.32. The highest BCUT2D eigenvalue weighted by Crippen LogP contribution is 2.29. The van der Waals surface area contributed by atoms with E-state index in [2.05, 4.69) is 48.7 Å². The molecular weight excluding hydrogens is 324 g/mol. The van der Waals surface area contributed by atoms with E-state index in [0.717, 1.165) is 48.8 Å². The molecule has 6 heteroatoms. The van der Waals surface area contributed by atoms with Gasteiger partial charge >= 0.3 is 0 Å². The van der Waals surface area contributed by atoms with Crippen LogP contribution in [0.3, 0.4) is 0 Å². The average Bonchev–Trinajstić information content (AvgIpc) is 3.24. The van der Waals surface area contributed by atoms with Gasteiger partial charge in [-0.3, -0.25) is 15.0 Å². The zero-order valence-corrected chi connectivity index (χ0v) is 14.6. The van der Waals surface area contributed by atoms with Gasteiger partial charge in [0.2, 0.25) is 0 Å². The van der Waals surface area contributed by atoms with E-state index in [9.17, 15) is 0 Å². The van der Waals surface area contributed by atoms with Crippen molar-refractivity contribution in [3.05, 3.63) is 73.3 Å². The first kappa shape index (κ1) is 16.5. The molecule has 0 amide bonds. The number of anilines is 1. The van der Waals surface area contributed by atoms with Crippen LogP contribution in [0, 0.1) is 0 Å². The van der Waals surface area contributed by atoms with E-state index in [4.69, 9.17) is 0 Å². The highest BCUT2D eigenvalue weighted by Gasteiger charge is 2.25. The lowest BCUT2D eigenvalue weighted by molar-refractivity contribution is 0.217. The van der Waals surface area contributed by atoms with E-state index < -0.39 is 0 Å². The zero-order chi connectivity index (χ0) is 17.8. The molecule has 0 saturated carbocycles. The lowest BCUT2D eigenvalue weighted by Crippen LogP contribution is -2.47. The van der Waals surface area contributed by atoms with Gasteiger partial charge in [0, 0.05) is 55.9 Å². The number of rotatable bonds is 5. The summed E-state index contributed by atoms with van der Waals surface area (Å²) in [5.41, 5.74) is 3.19. The summed E-state index contributed by atoms with van der Waals surface area (Å²) >= 11 is 0. The number of aromatic nitrogens is 4. The lowest BCUT2D eigenvalue weighted by Gasteiger charge is -2.38. The van der Waals surface area contributed by atoms with Gasteiger partial charge in [-0.15, -0.1) is 6.58 Å². The van der Waals surface area contributed by atoms with E-state index >= 15 is 0 Å². The number of benzene rings is 1. The average molecular weight is 346 g/mol. The Labute approximate surface area is 153 Å². The molecule has 1 atom stereocenters. The fraction of sp³-hybridized carbons (Fsp3) is 0.250. The number of hydrogen-bond acceptors (Lipinski definition) is 5. The maximum atomic E-state index is 4.63. The Kier molecular flexibility index (Phi) is 4.75. The van der Waals surface area contributed by atoms with Gasteiger partial charge in [-0.25, -0.2) is 4.98 Å². The van der Waals surface area contributed by atoms with Gasteiger partial charge in [0.25, 0.3) is 0 Å². The maximum absolute atomic E-state index is 4.63. The van der Waals surface area contributed by atoms with Crippen LogP contribution in [0.2, 0.25) is 0 Å². The van der Waals surface area contributed by atoms with Crippen LogP contribution in [0.5, 0.6) is 0 Å². The predicted molar refractivity (Wildman–Crippen MR) is 103 cm³/mol. The fourth-order valence-corrected chi connectivity index (χ4v) is 3.49. The molecule has 3 aromatic rings. The predicted octanol–water partition coefficient (Wildman–Crippen LogP) is 2.92.